The van der Waals surface area contributed by atoms with Gasteiger partial charge in [0.05, 0.1) is 6.42 Å². The summed E-state index contributed by atoms with van der Waals surface area (Å²) in [6.45, 7) is 1.96. The molecule has 4 heteroatoms. The molecule has 1 saturated heterocycles. The molecule has 3 nitrogen and oxygen atoms in total. The van der Waals surface area contributed by atoms with E-state index in [-0.39, 0.29) is 6.42 Å². The molecule has 0 aromatic rings. The number of carboxylic acid groups (broad SMARTS) is 1. The standard InChI is InChI=1S/C8H14FNO2/c9-7-1-4-10(5-2-7)6-3-8(11)12/h7H,1-6H2,(H,11,12). The molecular formula is C8H14FNO2. The molecule has 12 heavy (non-hydrogen) atoms. The van der Waals surface area contributed by atoms with Gasteiger partial charge in [0.15, 0.2) is 0 Å². The van der Waals surface area contributed by atoms with Crippen LogP contribution in [0.5, 0.6) is 0 Å². The summed E-state index contributed by atoms with van der Waals surface area (Å²) >= 11 is 0. The number of piperidine rings is 1. The average molecular weight is 175 g/mol. The number of hydrogen-bond donors (Lipinski definition) is 1. The predicted octanol–water partition coefficient (Wildman–Crippen LogP) is 0.895. The lowest BCUT2D eigenvalue weighted by molar-refractivity contribution is -0.137. The van der Waals surface area contributed by atoms with Gasteiger partial charge in [-0.05, 0) is 12.8 Å². The maximum absolute atomic E-state index is 12.6. The van der Waals surface area contributed by atoms with Crippen molar-refractivity contribution in [2.75, 3.05) is 19.6 Å². The fraction of sp³-hybridized carbons (Fsp3) is 0.875. The van der Waals surface area contributed by atoms with Crippen LogP contribution in [0.3, 0.4) is 0 Å². The maximum atomic E-state index is 12.6. The molecule has 70 valence electrons. The van der Waals surface area contributed by atoms with Crippen LogP contribution in [0.15, 0.2) is 0 Å². The number of rotatable bonds is 3. The molecule has 1 fully saturated rings. The summed E-state index contributed by atoms with van der Waals surface area (Å²) in [6, 6.07) is 0. The smallest absolute Gasteiger partial charge is 0.304 e. The van der Waals surface area contributed by atoms with Crippen molar-refractivity contribution in [3.05, 3.63) is 0 Å². The summed E-state index contributed by atoms with van der Waals surface area (Å²) in [7, 11) is 0. The quantitative estimate of drug-likeness (QED) is 0.692. The SMILES string of the molecule is O=C(O)CCN1CCC(F)CC1. The van der Waals surface area contributed by atoms with E-state index >= 15 is 0 Å². The van der Waals surface area contributed by atoms with E-state index in [4.69, 9.17) is 5.11 Å². The van der Waals surface area contributed by atoms with Crippen molar-refractivity contribution in [3.8, 4) is 0 Å². The highest BCUT2D eigenvalue weighted by molar-refractivity contribution is 5.66. The monoisotopic (exact) mass is 175 g/mol. The predicted molar refractivity (Wildman–Crippen MR) is 42.8 cm³/mol. The fourth-order valence-electron chi connectivity index (χ4n) is 1.38. The van der Waals surface area contributed by atoms with Crippen molar-refractivity contribution in [2.45, 2.75) is 25.4 Å². The largest absolute Gasteiger partial charge is 0.481 e. The highest BCUT2D eigenvalue weighted by Gasteiger charge is 2.18. The Bertz CT molecular complexity index is 155. The summed E-state index contributed by atoms with van der Waals surface area (Å²) in [5.74, 6) is -0.780. The van der Waals surface area contributed by atoms with E-state index in [1.807, 2.05) is 4.90 Å². The van der Waals surface area contributed by atoms with Crippen molar-refractivity contribution >= 4 is 5.97 Å². The van der Waals surface area contributed by atoms with Gasteiger partial charge in [0.1, 0.15) is 6.17 Å². The van der Waals surface area contributed by atoms with Gasteiger partial charge in [0, 0.05) is 19.6 Å². The molecular weight excluding hydrogens is 161 g/mol. The van der Waals surface area contributed by atoms with Gasteiger partial charge in [0.25, 0.3) is 0 Å². The zero-order valence-corrected chi connectivity index (χ0v) is 7.00. The van der Waals surface area contributed by atoms with Crippen LogP contribution in [-0.2, 0) is 4.79 Å². The third-order valence-electron chi connectivity index (χ3n) is 2.16. The number of alkyl halides is 1. The lowest BCUT2D eigenvalue weighted by atomic mass is 10.1. The molecule has 0 aliphatic carbocycles. The summed E-state index contributed by atoms with van der Waals surface area (Å²) in [4.78, 5) is 12.2. The van der Waals surface area contributed by atoms with Crippen LogP contribution in [0.1, 0.15) is 19.3 Å². The molecule has 0 saturated carbocycles. The third kappa shape index (κ3) is 3.17. The second-order valence-electron chi connectivity index (χ2n) is 3.16. The molecule has 0 bridgehead atoms. The van der Waals surface area contributed by atoms with E-state index in [2.05, 4.69) is 0 Å². The minimum absolute atomic E-state index is 0.164. The minimum Gasteiger partial charge on any atom is -0.481 e. The third-order valence-corrected chi connectivity index (χ3v) is 2.16. The Hall–Kier alpha value is -0.640. The molecule has 0 unspecified atom stereocenters. The van der Waals surface area contributed by atoms with Crippen molar-refractivity contribution < 1.29 is 14.3 Å². The van der Waals surface area contributed by atoms with Gasteiger partial charge in [-0.15, -0.1) is 0 Å². The zero-order chi connectivity index (χ0) is 8.97. The highest BCUT2D eigenvalue weighted by atomic mass is 19.1. The van der Waals surface area contributed by atoms with Gasteiger partial charge in [-0.25, -0.2) is 4.39 Å². The van der Waals surface area contributed by atoms with E-state index in [1.165, 1.54) is 0 Å². The van der Waals surface area contributed by atoms with E-state index in [9.17, 15) is 9.18 Å². The van der Waals surface area contributed by atoms with Crippen molar-refractivity contribution in [2.24, 2.45) is 0 Å². The molecule has 0 amide bonds. The number of likely N-dealkylation sites (tertiary alicyclic amines) is 1. The van der Waals surface area contributed by atoms with Crippen LogP contribution < -0.4 is 0 Å². The van der Waals surface area contributed by atoms with Gasteiger partial charge in [0.2, 0.25) is 0 Å². The first-order valence-corrected chi connectivity index (χ1v) is 4.26. The molecule has 0 radical (unpaired) electrons. The molecule has 0 aromatic heterocycles. The number of carboxylic acids is 1. The molecule has 0 atom stereocenters. The minimum atomic E-state index is -0.780. The summed E-state index contributed by atoms with van der Waals surface area (Å²) in [5.41, 5.74) is 0. The molecule has 1 aliphatic heterocycles. The van der Waals surface area contributed by atoms with Gasteiger partial charge in [-0.2, -0.15) is 0 Å². The highest BCUT2D eigenvalue weighted by Crippen LogP contribution is 2.12. The average Bonchev–Trinajstić information content (AvgIpc) is 2.03. The summed E-state index contributed by atoms with van der Waals surface area (Å²) in [5, 5.41) is 8.40. The zero-order valence-electron chi connectivity index (χ0n) is 7.00. The summed E-state index contributed by atoms with van der Waals surface area (Å²) in [6.07, 6.45) is 0.599. The van der Waals surface area contributed by atoms with Crippen LogP contribution in [-0.4, -0.2) is 41.8 Å². The molecule has 1 heterocycles. The Balaban J connectivity index is 2.13. The van der Waals surface area contributed by atoms with Crippen molar-refractivity contribution in [3.63, 3.8) is 0 Å². The van der Waals surface area contributed by atoms with E-state index in [0.29, 0.717) is 32.5 Å². The van der Waals surface area contributed by atoms with E-state index in [1.54, 1.807) is 0 Å². The topological polar surface area (TPSA) is 40.5 Å². The number of carbonyl (C=O) groups is 1. The second kappa shape index (κ2) is 4.40. The van der Waals surface area contributed by atoms with Gasteiger partial charge < -0.3 is 10.0 Å². The Labute approximate surface area is 71.2 Å². The van der Waals surface area contributed by atoms with Crippen molar-refractivity contribution in [1.82, 2.24) is 4.90 Å². The number of aliphatic carboxylic acids is 1. The lowest BCUT2D eigenvalue weighted by Crippen LogP contribution is -2.35. The van der Waals surface area contributed by atoms with Crippen LogP contribution in [0.2, 0.25) is 0 Å². The first-order valence-electron chi connectivity index (χ1n) is 4.26. The van der Waals surface area contributed by atoms with Gasteiger partial charge >= 0.3 is 5.97 Å². The lowest BCUT2D eigenvalue weighted by Gasteiger charge is -2.27. The van der Waals surface area contributed by atoms with E-state index in [0.717, 1.165) is 0 Å². The Morgan fingerprint density at radius 2 is 2.08 bits per heavy atom. The van der Waals surface area contributed by atoms with Crippen LogP contribution in [0, 0.1) is 0 Å². The summed E-state index contributed by atoms with van der Waals surface area (Å²) < 4.78 is 12.6. The number of nitrogens with zero attached hydrogens (tertiary/aromatic N) is 1. The van der Waals surface area contributed by atoms with Crippen LogP contribution in [0.25, 0.3) is 0 Å². The molecule has 1 N–H and O–H groups in total. The fourth-order valence-corrected chi connectivity index (χ4v) is 1.38. The molecule has 1 aliphatic rings. The molecule has 1 rings (SSSR count). The van der Waals surface area contributed by atoms with Crippen LogP contribution >= 0.6 is 0 Å². The maximum Gasteiger partial charge on any atom is 0.304 e. The van der Waals surface area contributed by atoms with Crippen molar-refractivity contribution in [1.29, 1.82) is 0 Å². The van der Waals surface area contributed by atoms with Gasteiger partial charge in [-0.1, -0.05) is 0 Å². The number of halogens is 1. The second-order valence-corrected chi connectivity index (χ2v) is 3.16. The number of hydrogen-bond acceptors (Lipinski definition) is 2. The Morgan fingerprint density at radius 1 is 1.50 bits per heavy atom. The molecule has 0 spiro atoms. The molecule has 0 aromatic carbocycles. The Kier molecular flexibility index (Phi) is 3.47. The Morgan fingerprint density at radius 3 is 2.58 bits per heavy atom. The van der Waals surface area contributed by atoms with E-state index < -0.39 is 12.1 Å². The van der Waals surface area contributed by atoms with Gasteiger partial charge in [-0.3, -0.25) is 4.79 Å². The van der Waals surface area contributed by atoms with Crippen LogP contribution in [0.4, 0.5) is 4.39 Å². The normalized spacial score (nSPS) is 21.1. The first-order chi connectivity index (χ1) is 5.68. The first kappa shape index (κ1) is 9.45.